The Morgan fingerprint density at radius 3 is 2.60 bits per heavy atom. The van der Waals surface area contributed by atoms with Gasteiger partial charge >= 0.3 is 13.5 Å². The second-order valence-corrected chi connectivity index (χ2v) is 5.21. The first-order chi connectivity index (χ1) is 9.19. The van der Waals surface area contributed by atoms with E-state index in [2.05, 4.69) is 9.51 Å². The van der Waals surface area contributed by atoms with Gasteiger partial charge in [0.05, 0.1) is 0 Å². The van der Waals surface area contributed by atoms with Gasteiger partial charge in [-0.2, -0.15) is 4.98 Å². The van der Waals surface area contributed by atoms with Crippen molar-refractivity contribution in [3.63, 3.8) is 0 Å². The van der Waals surface area contributed by atoms with Crippen molar-refractivity contribution >= 4 is 13.6 Å². The molecule has 1 aromatic heterocycles. The molecule has 2 rings (SSSR count). The van der Waals surface area contributed by atoms with Crippen LogP contribution in [0.2, 0.25) is 0 Å². The number of aromatic nitrogens is 2. The zero-order valence-corrected chi connectivity index (χ0v) is 10.7. The van der Waals surface area contributed by atoms with Gasteiger partial charge in [0.25, 0.3) is 0 Å². The number of nitrogens with two attached hydrogens (primary N) is 1. The average molecular weight is 309 g/mol. The van der Waals surface area contributed by atoms with Crippen molar-refractivity contribution in [1.29, 1.82) is 0 Å². The molecule has 20 heavy (non-hydrogen) atoms. The fourth-order valence-corrected chi connectivity index (χ4v) is 2.15. The molecule has 1 unspecified atom stereocenters. The van der Waals surface area contributed by atoms with Crippen LogP contribution in [0.1, 0.15) is 6.23 Å². The standard InChI is InChI=1S/C8H12N3O8P/c9-3-1-2-11(8(14)10-3)6-4(12)5(13)7(18-6)19-20(15,16)17/h1-2,4-7,12-13H,(H2,9,10,14)(H2,15,16,17)/t4?,5-,6-,7-/m1/s1. The number of rotatable bonds is 3. The number of anilines is 1. The summed E-state index contributed by atoms with van der Waals surface area (Å²) in [6.45, 7) is 0. The van der Waals surface area contributed by atoms with Crippen molar-refractivity contribution in [3.8, 4) is 0 Å². The van der Waals surface area contributed by atoms with E-state index in [0.29, 0.717) is 0 Å². The highest BCUT2D eigenvalue weighted by Gasteiger charge is 2.47. The van der Waals surface area contributed by atoms with Gasteiger partial charge in [0, 0.05) is 6.20 Å². The molecule has 11 nitrogen and oxygen atoms in total. The molecule has 1 aliphatic heterocycles. The number of ether oxygens (including phenoxy) is 1. The molecule has 0 saturated carbocycles. The smallest absolute Gasteiger partial charge is 0.385 e. The maximum atomic E-state index is 11.6. The Bertz CT molecular complexity index is 600. The highest BCUT2D eigenvalue weighted by Crippen LogP contribution is 2.42. The third-order valence-electron chi connectivity index (χ3n) is 2.56. The van der Waals surface area contributed by atoms with Crippen LogP contribution < -0.4 is 11.4 Å². The number of nitrogens with zero attached hydrogens (tertiary/aromatic N) is 2. The van der Waals surface area contributed by atoms with E-state index in [0.717, 1.165) is 10.8 Å². The SMILES string of the molecule is Nc1ccn([C@@H]2O[C@H](OP(=O)(O)O)[C@H](O)C2O)c(=O)n1. The minimum Gasteiger partial charge on any atom is -0.385 e. The molecule has 0 spiro atoms. The number of aliphatic hydroxyl groups is 2. The van der Waals surface area contributed by atoms with Crippen molar-refractivity contribution in [3.05, 3.63) is 22.7 Å². The Morgan fingerprint density at radius 2 is 2.05 bits per heavy atom. The first-order valence-corrected chi connectivity index (χ1v) is 6.82. The Labute approximate surface area is 111 Å². The Balaban J connectivity index is 2.26. The van der Waals surface area contributed by atoms with Gasteiger partial charge in [0.15, 0.2) is 12.5 Å². The number of hydrogen-bond acceptors (Lipinski definition) is 8. The molecule has 112 valence electrons. The lowest BCUT2D eigenvalue weighted by Crippen LogP contribution is -2.35. The summed E-state index contributed by atoms with van der Waals surface area (Å²) in [6.07, 6.45) is -5.44. The summed E-state index contributed by atoms with van der Waals surface area (Å²) in [5.41, 5.74) is 4.43. The predicted octanol–water partition coefficient (Wildman–Crippen LogP) is -2.49. The topological polar surface area (TPSA) is 177 Å². The molecule has 0 amide bonds. The maximum absolute atomic E-state index is 11.6. The van der Waals surface area contributed by atoms with Gasteiger partial charge in [-0.05, 0) is 6.07 Å². The van der Waals surface area contributed by atoms with Crippen molar-refractivity contribution < 1.29 is 33.8 Å². The molecule has 0 aliphatic carbocycles. The van der Waals surface area contributed by atoms with Crippen LogP contribution in [0.15, 0.2) is 17.1 Å². The summed E-state index contributed by atoms with van der Waals surface area (Å²) in [5.74, 6) is -0.0534. The minimum atomic E-state index is -4.94. The third-order valence-corrected chi connectivity index (χ3v) is 3.04. The number of hydrogen-bond donors (Lipinski definition) is 5. The largest absolute Gasteiger partial charge is 0.472 e. The van der Waals surface area contributed by atoms with Crippen molar-refractivity contribution in [2.45, 2.75) is 24.7 Å². The van der Waals surface area contributed by atoms with Gasteiger partial charge in [0.2, 0.25) is 0 Å². The Kier molecular flexibility index (Phi) is 3.93. The van der Waals surface area contributed by atoms with Crippen LogP contribution in [0.3, 0.4) is 0 Å². The lowest BCUT2D eigenvalue weighted by Gasteiger charge is -2.16. The molecule has 0 radical (unpaired) electrons. The van der Waals surface area contributed by atoms with E-state index >= 15 is 0 Å². The molecule has 4 atom stereocenters. The normalized spacial score (nSPS) is 30.6. The number of aliphatic hydroxyl groups excluding tert-OH is 2. The molecule has 12 heteroatoms. The number of phosphoric acid groups is 1. The maximum Gasteiger partial charge on any atom is 0.472 e. The van der Waals surface area contributed by atoms with Crippen LogP contribution in [0.25, 0.3) is 0 Å². The molecule has 0 bridgehead atoms. The van der Waals surface area contributed by atoms with Gasteiger partial charge in [-0.1, -0.05) is 0 Å². The molecule has 1 aliphatic rings. The molecule has 1 aromatic rings. The third kappa shape index (κ3) is 3.04. The van der Waals surface area contributed by atoms with Crippen molar-refractivity contribution in [1.82, 2.24) is 9.55 Å². The number of nitrogen functional groups attached to an aromatic ring is 1. The van der Waals surface area contributed by atoms with Crippen LogP contribution in [0.4, 0.5) is 5.82 Å². The monoisotopic (exact) mass is 309 g/mol. The second kappa shape index (κ2) is 5.22. The fourth-order valence-electron chi connectivity index (χ4n) is 1.70. The number of phosphoric ester groups is 1. The van der Waals surface area contributed by atoms with E-state index in [-0.39, 0.29) is 5.82 Å². The molecule has 1 fully saturated rings. The van der Waals surface area contributed by atoms with Crippen LogP contribution in [0.5, 0.6) is 0 Å². The second-order valence-electron chi connectivity index (χ2n) is 4.01. The lowest BCUT2D eigenvalue weighted by molar-refractivity contribution is -0.135. The van der Waals surface area contributed by atoms with E-state index in [4.69, 9.17) is 20.3 Å². The Hall–Kier alpha value is -1.33. The summed E-state index contributed by atoms with van der Waals surface area (Å²) in [7, 11) is -4.94. The molecular formula is C8H12N3O8P. The zero-order valence-electron chi connectivity index (χ0n) is 9.80. The van der Waals surface area contributed by atoms with Crippen LogP contribution in [0, 0.1) is 0 Å². The molecular weight excluding hydrogens is 297 g/mol. The Morgan fingerprint density at radius 1 is 1.40 bits per heavy atom. The molecule has 2 heterocycles. The van der Waals surface area contributed by atoms with Crippen molar-refractivity contribution in [2.24, 2.45) is 0 Å². The highest BCUT2D eigenvalue weighted by molar-refractivity contribution is 7.46. The van der Waals surface area contributed by atoms with Crippen LogP contribution in [-0.4, -0.2) is 48.0 Å². The lowest BCUT2D eigenvalue weighted by atomic mass is 10.2. The zero-order chi connectivity index (χ0) is 15.1. The summed E-state index contributed by atoms with van der Waals surface area (Å²) in [6, 6.07) is 1.25. The van der Waals surface area contributed by atoms with Gasteiger partial charge < -0.3 is 30.5 Å². The summed E-state index contributed by atoms with van der Waals surface area (Å²) in [5, 5.41) is 19.3. The van der Waals surface area contributed by atoms with Crippen LogP contribution in [-0.2, 0) is 13.8 Å². The quantitative estimate of drug-likeness (QED) is 0.375. The van der Waals surface area contributed by atoms with Gasteiger partial charge in [0.1, 0.15) is 18.0 Å². The molecule has 1 saturated heterocycles. The molecule has 0 aromatic carbocycles. The van der Waals surface area contributed by atoms with E-state index in [1.807, 2.05) is 0 Å². The summed E-state index contributed by atoms with van der Waals surface area (Å²) in [4.78, 5) is 32.3. The van der Waals surface area contributed by atoms with E-state index in [1.54, 1.807) is 0 Å². The van der Waals surface area contributed by atoms with E-state index in [9.17, 15) is 19.6 Å². The average Bonchev–Trinajstić information content (AvgIpc) is 2.56. The van der Waals surface area contributed by atoms with E-state index < -0.39 is 38.2 Å². The van der Waals surface area contributed by atoms with Crippen LogP contribution >= 0.6 is 7.82 Å². The highest BCUT2D eigenvalue weighted by atomic mass is 31.2. The predicted molar refractivity (Wildman–Crippen MR) is 62.0 cm³/mol. The van der Waals surface area contributed by atoms with Crippen molar-refractivity contribution in [2.75, 3.05) is 5.73 Å². The summed E-state index contributed by atoms with van der Waals surface area (Å²) < 4.78 is 20.6. The van der Waals surface area contributed by atoms with E-state index in [1.165, 1.54) is 6.07 Å². The van der Waals surface area contributed by atoms with Gasteiger partial charge in [-0.15, -0.1) is 0 Å². The first kappa shape index (κ1) is 15.1. The fraction of sp³-hybridized carbons (Fsp3) is 0.500. The van der Waals surface area contributed by atoms with Gasteiger partial charge in [-0.3, -0.25) is 9.09 Å². The summed E-state index contributed by atoms with van der Waals surface area (Å²) >= 11 is 0. The minimum absolute atomic E-state index is 0.0534. The van der Waals surface area contributed by atoms with Gasteiger partial charge in [-0.25, -0.2) is 9.36 Å². The first-order valence-electron chi connectivity index (χ1n) is 5.29. The molecule has 6 N–H and O–H groups in total.